The fourth-order valence-corrected chi connectivity index (χ4v) is 2.45. The second kappa shape index (κ2) is 9.54. The summed E-state index contributed by atoms with van der Waals surface area (Å²) in [6, 6.07) is 10.7. The molecule has 0 heterocycles. The predicted molar refractivity (Wildman–Crippen MR) is 99.3 cm³/mol. The number of ether oxygens (including phenoxy) is 2. The highest BCUT2D eigenvalue weighted by Gasteiger charge is 2.43. The number of rotatable bonds is 6. The minimum atomic E-state index is -4.61. The molecule has 0 saturated carbocycles. The lowest BCUT2D eigenvalue weighted by molar-refractivity contribution is -0.253. The molecule has 0 aliphatic carbocycles. The van der Waals surface area contributed by atoms with Crippen molar-refractivity contribution < 1.29 is 31.8 Å². The Morgan fingerprint density at radius 2 is 1.82 bits per heavy atom. The molecule has 0 bridgehead atoms. The Balaban J connectivity index is 2.11. The quantitative estimate of drug-likeness (QED) is 0.340. The molecule has 2 rings (SSSR count). The number of anilines is 1. The standard InChI is InChI=1S/C18H15BrF4N2O3/c1-2-27-15(13-5-3-4-6-14(13)19)25-17(26)24-11-7-9-12(10-8-11)28-18(22,23)16(20)21/h3-10,16H,2H2,1H3,(H,24,26)/b25-15-. The summed E-state index contributed by atoms with van der Waals surface area (Å²) in [4.78, 5) is 16.0. The molecule has 0 atom stereocenters. The molecule has 0 unspecified atom stereocenters. The number of amides is 2. The summed E-state index contributed by atoms with van der Waals surface area (Å²) in [5.41, 5.74) is 0.766. The highest BCUT2D eigenvalue weighted by molar-refractivity contribution is 9.10. The molecule has 2 aromatic carbocycles. The van der Waals surface area contributed by atoms with Crippen LogP contribution in [0.3, 0.4) is 0 Å². The van der Waals surface area contributed by atoms with Crippen molar-refractivity contribution in [1.82, 2.24) is 0 Å². The van der Waals surface area contributed by atoms with Gasteiger partial charge in [-0.2, -0.15) is 22.6 Å². The van der Waals surface area contributed by atoms with Crippen molar-refractivity contribution in [2.24, 2.45) is 4.99 Å². The molecule has 150 valence electrons. The SMILES string of the molecule is CCO/C(=N\C(=O)Nc1ccc(OC(F)(F)C(F)F)cc1)c1ccccc1Br. The number of urea groups is 1. The average Bonchev–Trinajstić information content (AvgIpc) is 2.63. The smallest absolute Gasteiger partial charge is 0.461 e. The summed E-state index contributed by atoms with van der Waals surface area (Å²) in [5, 5.41) is 2.42. The Morgan fingerprint density at radius 3 is 2.39 bits per heavy atom. The molecule has 10 heteroatoms. The van der Waals surface area contributed by atoms with Crippen LogP contribution in [0.2, 0.25) is 0 Å². The van der Waals surface area contributed by atoms with Crippen LogP contribution in [0.15, 0.2) is 58.0 Å². The van der Waals surface area contributed by atoms with Crippen molar-refractivity contribution in [3.05, 3.63) is 58.6 Å². The molecule has 0 aliphatic heterocycles. The summed E-state index contributed by atoms with van der Waals surface area (Å²) < 4.78 is 60.0. The highest BCUT2D eigenvalue weighted by Crippen LogP contribution is 2.28. The van der Waals surface area contributed by atoms with Crippen LogP contribution in [-0.4, -0.2) is 31.1 Å². The van der Waals surface area contributed by atoms with Gasteiger partial charge in [0.1, 0.15) is 5.75 Å². The van der Waals surface area contributed by atoms with E-state index in [2.05, 4.69) is 31.0 Å². The summed E-state index contributed by atoms with van der Waals surface area (Å²) in [6.45, 7) is 2.01. The van der Waals surface area contributed by atoms with Crippen molar-refractivity contribution in [2.75, 3.05) is 11.9 Å². The van der Waals surface area contributed by atoms with Crippen LogP contribution >= 0.6 is 15.9 Å². The number of halogens is 5. The van der Waals surface area contributed by atoms with E-state index in [-0.39, 0.29) is 18.2 Å². The lowest BCUT2D eigenvalue weighted by Crippen LogP contribution is -2.33. The Labute approximate surface area is 166 Å². The van der Waals surface area contributed by atoms with E-state index in [9.17, 15) is 22.4 Å². The second-order valence-electron chi connectivity index (χ2n) is 5.25. The Bertz CT molecular complexity index is 845. The summed E-state index contributed by atoms with van der Waals surface area (Å²) in [6.07, 6.45) is -8.57. The van der Waals surface area contributed by atoms with E-state index < -0.39 is 24.3 Å². The van der Waals surface area contributed by atoms with Crippen molar-refractivity contribution in [2.45, 2.75) is 19.5 Å². The van der Waals surface area contributed by atoms with E-state index in [4.69, 9.17) is 4.74 Å². The summed E-state index contributed by atoms with van der Waals surface area (Å²) >= 11 is 3.34. The van der Waals surface area contributed by atoms with E-state index in [1.807, 2.05) is 0 Å². The number of benzene rings is 2. The first-order valence-electron chi connectivity index (χ1n) is 7.95. The third kappa shape index (κ3) is 5.95. The van der Waals surface area contributed by atoms with Gasteiger partial charge in [-0.15, -0.1) is 0 Å². The minimum absolute atomic E-state index is 0.0870. The maximum Gasteiger partial charge on any atom is 0.461 e. The van der Waals surface area contributed by atoms with E-state index in [0.717, 1.165) is 12.1 Å². The molecule has 5 nitrogen and oxygen atoms in total. The Kier molecular flexibility index (Phi) is 7.38. The van der Waals surface area contributed by atoms with Gasteiger partial charge >= 0.3 is 18.6 Å². The van der Waals surface area contributed by atoms with Crippen LogP contribution < -0.4 is 10.1 Å². The highest BCUT2D eigenvalue weighted by atomic mass is 79.9. The number of alkyl halides is 4. The van der Waals surface area contributed by atoms with Gasteiger partial charge in [0.15, 0.2) is 0 Å². The lowest BCUT2D eigenvalue weighted by Gasteiger charge is -2.16. The first kappa shape index (κ1) is 21.7. The lowest BCUT2D eigenvalue weighted by atomic mass is 10.2. The van der Waals surface area contributed by atoms with E-state index in [1.54, 1.807) is 31.2 Å². The molecule has 0 aliphatic rings. The predicted octanol–water partition coefficient (Wildman–Crippen LogP) is 5.70. The van der Waals surface area contributed by atoms with Gasteiger partial charge in [0, 0.05) is 10.2 Å². The van der Waals surface area contributed by atoms with Crippen LogP contribution in [0.5, 0.6) is 5.75 Å². The van der Waals surface area contributed by atoms with E-state index in [1.165, 1.54) is 12.1 Å². The largest absolute Gasteiger partial charge is 0.477 e. The van der Waals surface area contributed by atoms with E-state index in [0.29, 0.717) is 10.0 Å². The number of hydrogen-bond acceptors (Lipinski definition) is 3. The zero-order valence-electron chi connectivity index (χ0n) is 14.5. The normalized spacial score (nSPS) is 12.0. The van der Waals surface area contributed by atoms with Crippen LogP contribution in [-0.2, 0) is 4.74 Å². The van der Waals surface area contributed by atoms with Gasteiger partial charge in [0.2, 0.25) is 5.90 Å². The molecular weight excluding hydrogens is 448 g/mol. The molecule has 28 heavy (non-hydrogen) atoms. The number of carbonyl (C=O) groups excluding carboxylic acids is 1. The summed E-state index contributed by atoms with van der Waals surface area (Å²) in [5.74, 6) is -0.390. The van der Waals surface area contributed by atoms with Crippen LogP contribution in [0.1, 0.15) is 12.5 Å². The van der Waals surface area contributed by atoms with Gasteiger partial charge in [-0.05, 0) is 59.3 Å². The molecule has 0 saturated heterocycles. The molecule has 1 N–H and O–H groups in total. The van der Waals surface area contributed by atoms with Crippen molar-refractivity contribution in [3.8, 4) is 5.75 Å². The fourth-order valence-electron chi connectivity index (χ4n) is 1.99. The van der Waals surface area contributed by atoms with Crippen molar-refractivity contribution >= 4 is 33.5 Å². The van der Waals surface area contributed by atoms with E-state index >= 15 is 0 Å². The maximum absolute atomic E-state index is 12.9. The summed E-state index contributed by atoms with van der Waals surface area (Å²) in [7, 11) is 0. The molecule has 0 radical (unpaired) electrons. The Morgan fingerprint density at radius 1 is 1.18 bits per heavy atom. The minimum Gasteiger partial charge on any atom is -0.477 e. The number of aliphatic imine (C=N–C) groups is 1. The van der Waals surface area contributed by atoms with Crippen LogP contribution in [0.4, 0.5) is 28.0 Å². The zero-order valence-corrected chi connectivity index (χ0v) is 16.1. The zero-order chi connectivity index (χ0) is 20.7. The Hall–Kier alpha value is -2.62. The molecule has 0 fully saturated rings. The topological polar surface area (TPSA) is 59.9 Å². The molecule has 0 spiro atoms. The fraction of sp³-hybridized carbons (Fsp3) is 0.222. The molecule has 2 amide bonds. The van der Waals surface area contributed by atoms with Gasteiger partial charge in [-0.25, -0.2) is 4.79 Å². The number of nitrogens with one attached hydrogen (secondary N) is 1. The average molecular weight is 463 g/mol. The third-order valence-corrected chi connectivity index (χ3v) is 3.89. The van der Waals surface area contributed by atoms with Crippen LogP contribution in [0.25, 0.3) is 0 Å². The van der Waals surface area contributed by atoms with Crippen molar-refractivity contribution in [1.29, 1.82) is 0 Å². The first-order chi connectivity index (χ1) is 13.2. The molecule has 2 aromatic rings. The number of nitrogens with zero attached hydrogens (tertiary/aromatic N) is 1. The van der Waals surface area contributed by atoms with Crippen LogP contribution in [0, 0.1) is 0 Å². The maximum atomic E-state index is 12.9. The van der Waals surface area contributed by atoms with Gasteiger partial charge in [-0.3, -0.25) is 0 Å². The van der Waals surface area contributed by atoms with Gasteiger partial charge in [0.25, 0.3) is 0 Å². The monoisotopic (exact) mass is 462 g/mol. The van der Waals surface area contributed by atoms with Gasteiger partial charge in [-0.1, -0.05) is 12.1 Å². The third-order valence-electron chi connectivity index (χ3n) is 3.20. The molecule has 0 aromatic heterocycles. The number of carbonyl (C=O) groups is 1. The first-order valence-corrected chi connectivity index (χ1v) is 8.74. The van der Waals surface area contributed by atoms with Gasteiger partial charge < -0.3 is 14.8 Å². The second-order valence-corrected chi connectivity index (χ2v) is 6.10. The van der Waals surface area contributed by atoms with Crippen molar-refractivity contribution in [3.63, 3.8) is 0 Å². The molecular formula is C18H15BrF4N2O3. The van der Waals surface area contributed by atoms with Gasteiger partial charge in [0.05, 0.1) is 12.2 Å². The number of hydrogen-bond donors (Lipinski definition) is 1.